The molecule has 1 aromatic rings. The molecule has 126 valence electrons. The van der Waals surface area contributed by atoms with Gasteiger partial charge in [0.1, 0.15) is 5.75 Å². The zero-order valence-electron chi connectivity index (χ0n) is 13.8. The van der Waals surface area contributed by atoms with Crippen molar-refractivity contribution >= 4 is 17.7 Å². The van der Waals surface area contributed by atoms with E-state index in [1.165, 1.54) is 30.2 Å². The molecule has 0 spiro atoms. The van der Waals surface area contributed by atoms with Crippen molar-refractivity contribution in [3.05, 3.63) is 29.8 Å². The van der Waals surface area contributed by atoms with Gasteiger partial charge in [-0.3, -0.25) is 9.89 Å². The number of hydrogen-bond donors (Lipinski definition) is 2. The fraction of sp³-hybridized carbons (Fsp3) is 0.588. The molecule has 0 aliphatic carbocycles. The van der Waals surface area contributed by atoms with Crippen LogP contribution in [0.15, 0.2) is 29.3 Å². The van der Waals surface area contributed by atoms with Crippen LogP contribution in [0.4, 0.5) is 0 Å². The van der Waals surface area contributed by atoms with Crippen LogP contribution in [-0.4, -0.2) is 62.2 Å². The van der Waals surface area contributed by atoms with Gasteiger partial charge >= 0.3 is 0 Å². The standard InChI is InChI=1S/C17H26N4OS/c1-18-17(19-7-8-21-9-12-23-13-10-21)20-15-6-11-22-16-5-3-2-4-14(15)16/h2-5,15H,6-13H2,1H3,(H2,18,19,20). The first-order valence-electron chi connectivity index (χ1n) is 8.36. The summed E-state index contributed by atoms with van der Waals surface area (Å²) < 4.78 is 5.72. The van der Waals surface area contributed by atoms with Crippen LogP contribution in [0.25, 0.3) is 0 Å². The van der Waals surface area contributed by atoms with Gasteiger partial charge in [0.25, 0.3) is 0 Å². The van der Waals surface area contributed by atoms with Gasteiger partial charge in [0.2, 0.25) is 0 Å². The Labute approximate surface area is 142 Å². The van der Waals surface area contributed by atoms with Crippen molar-refractivity contribution in [2.24, 2.45) is 4.99 Å². The molecule has 0 amide bonds. The Hall–Kier alpha value is -1.40. The molecule has 5 nitrogen and oxygen atoms in total. The SMILES string of the molecule is CN=C(NCCN1CCSCC1)NC1CCOc2ccccc21. The first-order valence-corrected chi connectivity index (χ1v) is 9.51. The number of ether oxygens (including phenoxy) is 1. The van der Waals surface area contributed by atoms with Crippen molar-refractivity contribution < 1.29 is 4.74 Å². The summed E-state index contributed by atoms with van der Waals surface area (Å²) in [7, 11) is 1.83. The molecule has 2 heterocycles. The summed E-state index contributed by atoms with van der Waals surface area (Å²) in [4.78, 5) is 6.88. The Bertz CT molecular complexity index is 531. The van der Waals surface area contributed by atoms with Crippen molar-refractivity contribution in [2.75, 3.05) is 51.3 Å². The summed E-state index contributed by atoms with van der Waals surface area (Å²) in [5.74, 6) is 4.37. The normalized spacial score (nSPS) is 22.1. The van der Waals surface area contributed by atoms with E-state index in [9.17, 15) is 0 Å². The topological polar surface area (TPSA) is 48.9 Å². The molecule has 1 aromatic carbocycles. The fourth-order valence-corrected chi connectivity index (χ4v) is 3.99. The average molecular weight is 334 g/mol. The van der Waals surface area contributed by atoms with Crippen LogP contribution < -0.4 is 15.4 Å². The van der Waals surface area contributed by atoms with Gasteiger partial charge in [-0.2, -0.15) is 11.8 Å². The molecule has 0 aromatic heterocycles. The van der Waals surface area contributed by atoms with Gasteiger partial charge in [0.15, 0.2) is 5.96 Å². The average Bonchev–Trinajstić information content (AvgIpc) is 2.62. The molecule has 3 rings (SSSR count). The van der Waals surface area contributed by atoms with Crippen molar-refractivity contribution in [2.45, 2.75) is 12.5 Å². The highest BCUT2D eigenvalue weighted by atomic mass is 32.2. The lowest BCUT2D eigenvalue weighted by molar-refractivity contribution is 0.261. The Morgan fingerprint density at radius 2 is 2.17 bits per heavy atom. The van der Waals surface area contributed by atoms with Gasteiger partial charge in [-0.05, 0) is 6.07 Å². The minimum atomic E-state index is 0.262. The monoisotopic (exact) mass is 334 g/mol. The highest BCUT2D eigenvalue weighted by Crippen LogP contribution is 2.31. The van der Waals surface area contributed by atoms with Crippen LogP contribution in [0.5, 0.6) is 5.75 Å². The van der Waals surface area contributed by atoms with Crippen LogP contribution in [0.3, 0.4) is 0 Å². The number of thioether (sulfide) groups is 1. The predicted molar refractivity (Wildman–Crippen MR) is 97.6 cm³/mol. The third kappa shape index (κ3) is 4.54. The van der Waals surface area contributed by atoms with Crippen molar-refractivity contribution in [1.29, 1.82) is 0 Å². The molecule has 0 saturated carbocycles. The highest BCUT2D eigenvalue weighted by Gasteiger charge is 2.21. The summed E-state index contributed by atoms with van der Waals surface area (Å²) in [5.41, 5.74) is 1.22. The number of hydrogen-bond acceptors (Lipinski definition) is 4. The maximum atomic E-state index is 5.72. The molecule has 1 unspecified atom stereocenters. The summed E-state index contributed by atoms with van der Waals surface area (Å²) in [6.07, 6.45) is 0.959. The second kappa shape index (κ2) is 8.45. The fourth-order valence-electron chi connectivity index (χ4n) is 3.01. The second-order valence-electron chi connectivity index (χ2n) is 5.82. The smallest absolute Gasteiger partial charge is 0.191 e. The third-order valence-electron chi connectivity index (χ3n) is 4.32. The number of aliphatic imine (C=N–C) groups is 1. The van der Waals surface area contributed by atoms with E-state index in [1.807, 2.05) is 30.9 Å². The zero-order valence-corrected chi connectivity index (χ0v) is 14.6. The molecule has 2 aliphatic heterocycles. The molecule has 6 heteroatoms. The molecular formula is C17H26N4OS. The molecular weight excluding hydrogens is 308 g/mol. The number of fused-ring (bicyclic) bond motifs is 1. The molecule has 0 radical (unpaired) electrons. The molecule has 23 heavy (non-hydrogen) atoms. The van der Waals surface area contributed by atoms with E-state index in [0.717, 1.165) is 37.8 Å². The lowest BCUT2D eigenvalue weighted by atomic mass is 10.0. The summed E-state index contributed by atoms with van der Waals surface area (Å²) in [6.45, 7) is 5.15. The summed E-state index contributed by atoms with van der Waals surface area (Å²) in [6, 6.07) is 8.51. The van der Waals surface area contributed by atoms with Crippen molar-refractivity contribution in [1.82, 2.24) is 15.5 Å². The van der Waals surface area contributed by atoms with E-state index in [1.54, 1.807) is 0 Å². The lowest BCUT2D eigenvalue weighted by Gasteiger charge is -2.29. The Morgan fingerprint density at radius 1 is 1.35 bits per heavy atom. The third-order valence-corrected chi connectivity index (χ3v) is 5.26. The quantitative estimate of drug-likeness (QED) is 0.649. The van der Waals surface area contributed by atoms with E-state index in [4.69, 9.17) is 4.74 Å². The molecule has 1 atom stereocenters. The Balaban J connectivity index is 1.50. The van der Waals surface area contributed by atoms with Gasteiger partial charge in [-0.15, -0.1) is 0 Å². The molecule has 1 saturated heterocycles. The lowest BCUT2D eigenvalue weighted by Crippen LogP contribution is -2.45. The maximum Gasteiger partial charge on any atom is 0.191 e. The molecule has 0 bridgehead atoms. The first-order chi connectivity index (χ1) is 11.4. The predicted octanol–water partition coefficient (Wildman–Crippen LogP) is 1.72. The number of para-hydroxylation sites is 1. The minimum Gasteiger partial charge on any atom is -0.493 e. The second-order valence-corrected chi connectivity index (χ2v) is 7.05. The molecule has 1 fully saturated rings. The van der Waals surface area contributed by atoms with Gasteiger partial charge in [-0.25, -0.2) is 0 Å². The molecule has 2 aliphatic rings. The van der Waals surface area contributed by atoms with E-state index in [2.05, 4.69) is 32.7 Å². The largest absolute Gasteiger partial charge is 0.493 e. The van der Waals surface area contributed by atoms with Gasteiger partial charge in [0.05, 0.1) is 12.6 Å². The van der Waals surface area contributed by atoms with Crippen LogP contribution in [-0.2, 0) is 0 Å². The first kappa shape index (κ1) is 16.5. The van der Waals surface area contributed by atoms with Crippen LogP contribution in [0, 0.1) is 0 Å². The minimum absolute atomic E-state index is 0.262. The summed E-state index contributed by atoms with van der Waals surface area (Å²) in [5, 5.41) is 6.98. The summed E-state index contributed by atoms with van der Waals surface area (Å²) >= 11 is 2.05. The van der Waals surface area contributed by atoms with E-state index in [0.29, 0.717) is 0 Å². The number of guanidine groups is 1. The Morgan fingerprint density at radius 3 is 3.00 bits per heavy atom. The van der Waals surface area contributed by atoms with Crippen molar-refractivity contribution in [3.8, 4) is 5.75 Å². The number of rotatable bonds is 4. The maximum absolute atomic E-state index is 5.72. The van der Waals surface area contributed by atoms with E-state index >= 15 is 0 Å². The number of benzene rings is 1. The number of nitrogens with one attached hydrogen (secondary N) is 2. The Kier molecular flexibility index (Phi) is 6.05. The van der Waals surface area contributed by atoms with Crippen LogP contribution in [0.1, 0.15) is 18.0 Å². The highest BCUT2D eigenvalue weighted by molar-refractivity contribution is 7.99. The zero-order chi connectivity index (χ0) is 15.9. The molecule has 2 N–H and O–H groups in total. The van der Waals surface area contributed by atoms with Crippen LogP contribution in [0.2, 0.25) is 0 Å². The van der Waals surface area contributed by atoms with E-state index in [-0.39, 0.29) is 6.04 Å². The van der Waals surface area contributed by atoms with Crippen molar-refractivity contribution in [3.63, 3.8) is 0 Å². The number of nitrogens with zero attached hydrogens (tertiary/aromatic N) is 2. The van der Waals surface area contributed by atoms with Gasteiger partial charge < -0.3 is 15.4 Å². The van der Waals surface area contributed by atoms with Gasteiger partial charge in [-0.1, -0.05) is 18.2 Å². The van der Waals surface area contributed by atoms with Gasteiger partial charge in [0, 0.05) is 56.7 Å². The van der Waals surface area contributed by atoms with E-state index < -0.39 is 0 Å². The van der Waals surface area contributed by atoms with Crippen LogP contribution >= 0.6 is 11.8 Å².